The van der Waals surface area contributed by atoms with Gasteiger partial charge < -0.3 is 4.74 Å². The Morgan fingerprint density at radius 2 is 2.38 bits per heavy atom. The topological polar surface area (TPSA) is 9.23 Å². The van der Waals surface area contributed by atoms with Crippen LogP contribution in [-0.4, -0.2) is 17.5 Å². The first-order valence-electron chi connectivity index (χ1n) is 2.72. The van der Waals surface area contributed by atoms with E-state index in [0.717, 1.165) is 5.33 Å². The van der Waals surface area contributed by atoms with Crippen LogP contribution in [0.15, 0.2) is 12.2 Å². The summed E-state index contributed by atoms with van der Waals surface area (Å²) in [5.74, 6) is 0. The van der Waals surface area contributed by atoms with Crippen LogP contribution in [0.2, 0.25) is 0 Å². The highest BCUT2D eigenvalue weighted by Crippen LogP contribution is 2.11. The molecule has 0 radical (unpaired) electrons. The first-order chi connectivity index (χ1) is 3.83. The second-order valence-corrected chi connectivity index (χ2v) is 2.57. The highest BCUT2D eigenvalue weighted by atomic mass is 79.9. The van der Waals surface area contributed by atoms with E-state index in [1.807, 2.05) is 6.92 Å². The highest BCUT2D eigenvalue weighted by Gasteiger charge is 2.12. The Balaban J connectivity index is 2.34. The van der Waals surface area contributed by atoms with Crippen LogP contribution < -0.4 is 0 Å². The van der Waals surface area contributed by atoms with Gasteiger partial charge in [0.25, 0.3) is 0 Å². The van der Waals surface area contributed by atoms with E-state index in [-0.39, 0.29) is 0 Å². The molecule has 2 unspecified atom stereocenters. The quantitative estimate of drug-likeness (QED) is 0.437. The summed E-state index contributed by atoms with van der Waals surface area (Å²) in [6, 6.07) is 0. The van der Waals surface area contributed by atoms with Crippen LogP contribution >= 0.6 is 15.9 Å². The van der Waals surface area contributed by atoms with Gasteiger partial charge >= 0.3 is 0 Å². The van der Waals surface area contributed by atoms with Gasteiger partial charge in [-0.1, -0.05) is 28.1 Å². The van der Waals surface area contributed by atoms with Gasteiger partial charge in [0, 0.05) is 5.33 Å². The molecule has 1 nitrogen and oxygen atoms in total. The molecule has 1 heterocycles. The Labute approximate surface area is 57.8 Å². The Morgan fingerprint density at radius 1 is 1.62 bits per heavy atom. The van der Waals surface area contributed by atoms with Crippen LogP contribution in [-0.2, 0) is 4.74 Å². The molecule has 1 aliphatic heterocycles. The first-order valence-corrected chi connectivity index (χ1v) is 3.85. The normalized spacial score (nSPS) is 36.2. The number of hydrogen-bond acceptors (Lipinski definition) is 1. The van der Waals surface area contributed by atoms with E-state index in [1.165, 1.54) is 0 Å². The number of ether oxygens (including phenoxy) is 1. The first kappa shape index (κ1) is 6.30. The molecular weight excluding hydrogens is 168 g/mol. The predicted octanol–water partition coefficient (Wildman–Crippen LogP) is 1.72. The second kappa shape index (κ2) is 2.65. The Bertz CT molecular complexity index is 101. The molecule has 0 aromatic carbocycles. The summed E-state index contributed by atoms with van der Waals surface area (Å²) in [6.07, 6.45) is 4.79. The van der Waals surface area contributed by atoms with Crippen LogP contribution in [0.4, 0.5) is 0 Å². The third-order valence-electron chi connectivity index (χ3n) is 1.14. The van der Waals surface area contributed by atoms with Gasteiger partial charge in [-0.15, -0.1) is 0 Å². The number of halogens is 1. The zero-order chi connectivity index (χ0) is 5.98. The van der Waals surface area contributed by atoms with E-state index in [2.05, 4.69) is 28.1 Å². The molecule has 0 amide bonds. The van der Waals surface area contributed by atoms with Gasteiger partial charge in [0.05, 0.1) is 12.2 Å². The molecule has 0 fully saturated rings. The summed E-state index contributed by atoms with van der Waals surface area (Å²) in [7, 11) is 0. The molecule has 0 saturated carbocycles. The zero-order valence-electron chi connectivity index (χ0n) is 4.80. The van der Waals surface area contributed by atoms with Crippen LogP contribution in [0, 0.1) is 0 Å². The molecule has 1 aliphatic rings. The zero-order valence-corrected chi connectivity index (χ0v) is 6.39. The van der Waals surface area contributed by atoms with Gasteiger partial charge in [-0.3, -0.25) is 0 Å². The molecule has 0 spiro atoms. The Morgan fingerprint density at radius 3 is 2.62 bits per heavy atom. The predicted molar refractivity (Wildman–Crippen MR) is 37.3 cm³/mol. The fraction of sp³-hybridized carbons (Fsp3) is 0.667. The van der Waals surface area contributed by atoms with E-state index in [4.69, 9.17) is 4.74 Å². The van der Waals surface area contributed by atoms with Crippen molar-refractivity contribution < 1.29 is 4.74 Å². The number of alkyl halides is 1. The van der Waals surface area contributed by atoms with E-state index in [1.54, 1.807) is 0 Å². The maximum atomic E-state index is 5.35. The summed E-state index contributed by atoms with van der Waals surface area (Å²) in [4.78, 5) is 0. The smallest absolute Gasteiger partial charge is 0.0861 e. The van der Waals surface area contributed by atoms with Gasteiger partial charge in [-0.2, -0.15) is 0 Å². The minimum atomic E-state index is 0.310. The number of hydrogen-bond donors (Lipinski definition) is 0. The third-order valence-corrected chi connectivity index (χ3v) is 1.78. The molecule has 0 aromatic heterocycles. The van der Waals surface area contributed by atoms with Crippen molar-refractivity contribution in [2.75, 3.05) is 5.33 Å². The van der Waals surface area contributed by atoms with Crippen molar-refractivity contribution in [1.82, 2.24) is 0 Å². The Kier molecular flexibility index (Phi) is 2.08. The van der Waals surface area contributed by atoms with Gasteiger partial charge in [0.1, 0.15) is 0 Å². The molecule has 0 bridgehead atoms. The third kappa shape index (κ3) is 1.33. The molecule has 0 aliphatic carbocycles. The summed E-state index contributed by atoms with van der Waals surface area (Å²) >= 11 is 3.33. The van der Waals surface area contributed by atoms with Crippen molar-refractivity contribution in [2.24, 2.45) is 0 Å². The molecule has 0 N–H and O–H groups in total. The van der Waals surface area contributed by atoms with E-state index < -0.39 is 0 Å². The van der Waals surface area contributed by atoms with Crippen molar-refractivity contribution in [3.8, 4) is 0 Å². The largest absolute Gasteiger partial charge is 0.366 e. The average Bonchev–Trinajstić information content (AvgIpc) is 2.14. The average molecular weight is 177 g/mol. The van der Waals surface area contributed by atoms with Gasteiger partial charge in [-0.05, 0) is 6.92 Å². The molecule has 2 heteroatoms. The maximum absolute atomic E-state index is 5.35. The van der Waals surface area contributed by atoms with Gasteiger partial charge in [-0.25, -0.2) is 0 Å². The summed E-state index contributed by atoms with van der Waals surface area (Å²) in [5, 5.41) is 0.911. The van der Waals surface area contributed by atoms with Crippen molar-refractivity contribution in [3.05, 3.63) is 12.2 Å². The minimum absolute atomic E-state index is 0.310. The fourth-order valence-corrected chi connectivity index (χ4v) is 1.10. The van der Waals surface area contributed by atoms with Crippen molar-refractivity contribution >= 4 is 15.9 Å². The van der Waals surface area contributed by atoms with Crippen molar-refractivity contribution in [3.63, 3.8) is 0 Å². The van der Waals surface area contributed by atoms with Crippen LogP contribution in [0.3, 0.4) is 0 Å². The summed E-state index contributed by atoms with van der Waals surface area (Å²) in [5.41, 5.74) is 0. The molecule has 2 atom stereocenters. The standard InChI is InChI=1S/C6H9BrO/c1-5-2-3-6(4-7)8-5/h2-3,5-6H,4H2,1H3. The number of rotatable bonds is 1. The lowest BCUT2D eigenvalue weighted by Crippen LogP contribution is -2.09. The lowest BCUT2D eigenvalue weighted by atomic mass is 10.4. The molecular formula is C6H9BrO. The van der Waals surface area contributed by atoms with Crippen LogP contribution in [0.25, 0.3) is 0 Å². The lowest BCUT2D eigenvalue weighted by molar-refractivity contribution is 0.0864. The van der Waals surface area contributed by atoms with Gasteiger partial charge in [0.2, 0.25) is 0 Å². The second-order valence-electron chi connectivity index (χ2n) is 1.92. The van der Waals surface area contributed by atoms with Crippen molar-refractivity contribution in [2.45, 2.75) is 19.1 Å². The molecule has 0 aromatic rings. The fourth-order valence-electron chi connectivity index (χ4n) is 0.735. The van der Waals surface area contributed by atoms with Crippen molar-refractivity contribution in [1.29, 1.82) is 0 Å². The summed E-state index contributed by atoms with van der Waals surface area (Å²) < 4.78 is 5.35. The van der Waals surface area contributed by atoms with Crippen LogP contribution in [0.1, 0.15) is 6.92 Å². The highest BCUT2D eigenvalue weighted by molar-refractivity contribution is 9.09. The molecule has 8 heavy (non-hydrogen) atoms. The van der Waals surface area contributed by atoms with E-state index in [0.29, 0.717) is 12.2 Å². The minimum Gasteiger partial charge on any atom is -0.366 e. The molecule has 46 valence electrons. The Hall–Kier alpha value is 0.180. The van der Waals surface area contributed by atoms with Gasteiger partial charge in [0.15, 0.2) is 0 Å². The molecule has 1 rings (SSSR count). The maximum Gasteiger partial charge on any atom is 0.0861 e. The lowest BCUT2D eigenvalue weighted by Gasteiger charge is -2.05. The molecule has 0 saturated heterocycles. The van der Waals surface area contributed by atoms with E-state index in [9.17, 15) is 0 Å². The van der Waals surface area contributed by atoms with E-state index >= 15 is 0 Å². The summed E-state index contributed by atoms with van der Waals surface area (Å²) in [6.45, 7) is 2.04. The SMILES string of the molecule is CC1C=CC(CBr)O1. The van der Waals surface area contributed by atoms with Crippen LogP contribution in [0.5, 0.6) is 0 Å². The monoisotopic (exact) mass is 176 g/mol.